The number of carboxylic acids is 1. The average Bonchev–Trinajstić information content (AvgIpc) is 3.01. The van der Waals surface area contributed by atoms with Gasteiger partial charge in [0.2, 0.25) is 0 Å². The Morgan fingerprint density at radius 2 is 1.77 bits per heavy atom. The van der Waals surface area contributed by atoms with Gasteiger partial charge in [-0.2, -0.15) is 0 Å². The molecule has 212 valence electrons. The second kappa shape index (κ2) is 15.7. The van der Waals surface area contributed by atoms with E-state index in [1.54, 1.807) is 24.5 Å². The molecule has 1 N–H and O–H groups in total. The van der Waals surface area contributed by atoms with Crippen molar-refractivity contribution in [2.75, 3.05) is 46.0 Å². The molecule has 4 rings (SSSR count). The predicted octanol–water partition coefficient (Wildman–Crippen LogP) is 5.14. The standard InChI is InChI=1S/C32H39N3O5/c36-31(37)11-2-1-5-21-40-30-10-4-3-8-29(30)25-35(18-7-17-34-19-22-39-23-20-34)32(38)27-14-12-26(13-15-27)28-9-6-16-33-24-28/h3-4,6,8-10,12-16,24H,1-2,5,7,11,17-23,25H2,(H,36,37)/i18D2. The number of carboxylic acid groups (broad SMARTS) is 1. The van der Waals surface area contributed by atoms with E-state index in [-0.39, 0.29) is 19.4 Å². The number of hydrogen-bond donors (Lipinski definition) is 1. The molecule has 0 radical (unpaired) electrons. The molecule has 1 fully saturated rings. The Morgan fingerprint density at radius 1 is 0.975 bits per heavy atom. The number of benzene rings is 2. The van der Waals surface area contributed by atoms with E-state index in [1.165, 1.54) is 4.90 Å². The van der Waals surface area contributed by atoms with E-state index in [0.717, 1.165) is 30.6 Å². The highest BCUT2D eigenvalue weighted by molar-refractivity contribution is 5.94. The molecule has 1 aliphatic rings. The van der Waals surface area contributed by atoms with E-state index in [4.69, 9.17) is 17.3 Å². The van der Waals surface area contributed by atoms with Gasteiger partial charge in [0, 0.05) is 65.4 Å². The molecule has 2 heterocycles. The lowest BCUT2D eigenvalue weighted by molar-refractivity contribution is -0.137. The molecule has 40 heavy (non-hydrogen) atoms. The van der Waals surface area contributed by atoms with Gasteiger partial charge in [0.1, 0.15) is 5.75 Å². The van der Waals surface area contributed by atoms with Crippen LogP contribution in [0.25, 0.3) is 11.1 Å². The van der Waals surface area contributed by atoms with Gasteiger partial charge < -0.3 is 19.5 Å². The number of ether oxygens (including phenoxy) is 2. The molecule has 1 aliphatic heterocycles. The van der Waals surface area contributed by atoms with Crippen LogP contribution in [0.5, 0.6) is 5.75 Å². The largest absolute Gasteiger partial charge is 0.493 e. The molecule has 1 amide bonds. The Hall–Kier alpha value is -3.75. The van der Waals surface area contributed by atoms with Crippen LogP contribution in [0.4, 0.5) is 0 Å². The van der Waals surface area contributed by atoms with Gasteiger partial charge in [-0.1, -0.05) is 36.4 Å². The topological polar surface area (TPSA) is 92.2 Å². The van der Waals surface area contributed by atoms with Crippen LogP contribution in [0.1, 0.15) is 50.8 Å². The van der Waals surface area contributed by atoms with Gasteiger partial charge in [-0.25, -0.2) is 0 Å². The summed E-state index contributed by atoms with van der Waals surface area (Å²) in [6.07, 6.45) is 5.78. The van der Waals surface area contributed by atoms with Crippen LogP contribution in [0.3, 0.4) is 0 Å². The van der Waals surface area contributed by atoms with Crippen molar-refractivity contribution < 1.29 is 26.9 Å². The normalized spacial score (nSPS) is 14.7. The van der Waals surface area contributed by atoms with Crippen molar-refractivity contribution in [2.45, 2.75) is 38.6 Å². The first-order chi connectivity index (χ1) is 20.3. The number of nitrogens with zero attached hydrogens (tertiary/aromatic N) is 3. The third kappa shape index (κ3) is 9.17. The van der Waals surface area contributed by atoms with E-state index >= 15 is 0 Å². The van der Waals surface area contributed by atoms with Crippen LogP contribution in [0, 0.1) is 0 Å². The van der Waals surface area contributed by atoms with Gasteiger partial charge in [0.05, 0.1) is 19.8 Å². The van der Waals surface area contributed by atoms with Gasteiger partial charge in [-0.3, -0.25) is 19.5 Å². The number of aromatic nitrogens is 1. The molecule has 0 aliphatic carbocycles. The predicted molar refractivity (Wildman–Crippen MR) is 154 cm³/mol. The molecule has 1 saturated heterocycles. The van der Waals surface area contributed by atoms with Crippen LogP contribution in [-0.2, 0) is 16.1 Å². The van der Waals surface area contributed by atoms with Crippen molar-refractivity contribution in [3.63, 3.8) is 0 Å². The fourth-order valence-corrected chi connectivity index (χ4v) is 4.54. The van der Waals surface area contributed by atoms with Crippen molar-refractivity contribution >= 4 is 11.9 Å². The summed E-state index contributed by atoms with van der Waals surface area (Å²) in [5.74, 6) is -0.617. The van der Waals surface area contributed by atoms with E-state index in [2.05, 4.69) is 9.88 Å². The quantitative estimate of drug-likeness (QED) is 0.264. The van der Waals surface area contributed by atoms with Gasteiger partial charge in [-0.05, 0) is 61.1 Å². The molecule has 8 nitrogen and oxygen atoms in total. The summed E-state index contributed by atoms with van der Waals surface area (Å²) in [5.41, 5.74) is 2.96. The van der Waals surface area contributed by atoms with Gasteiger partial charge in [0.25, 0.3) is 5.91 Å². The minimum absolute atomic E-state index is 0.0362. The van der Waals surface area contributed by atoms with Crippen LogP contribution in [-0.4, -0.2) is 77.7 Å². The summed E-state index contributed by atoms with van der Waals surface area (Å²) in [6.45, 7) is 1.74. The van der Waals surface area contributed by atoms with Gasteiger partial charge >= 0.3 is 5.97 Å². The number of aliphatic carboxylic acids is 1. The first-order valence-electron chi connectivity index (χ1n) is 14.9. The SMILES string of the molecule is [2H]C([2H])(CCN1CCOCC1)N(Cc1ccccc1OCCCCCC(=O)O)C(=O)c1ccc(-c2cccnc2)cc1. The van der Waals surface area contributed by atoms with E-state index in [0.29, 0.717) is 56.1 Å². The van der Waals surface area contributed by atoms with Crippen LogP contribution >= 0.6 is 0 Å². The summed E-state index contributed by atoms with van der Waals surface area (Å²) in [7, 11) is 0. The Kier molecular flexibility index (Phi) is 10.4. The number of amides is 1. The second-order valence-electron chi connectivity index (χ2n) is 9.73. The van der Waals surface area contributed by atoms with E-state index in [9.17, 15) is 9.59 Å². The smallest absolute Gasteiger partial charge is 0.303 e. The van der Waals surface area contributed by atoms with Crippen molar-refractivity contribution in [2.24, 2.45) is 0 Å². The number of rotatable bonds is 15. The Balaban J connectivity index is 1.51. The number of morpholine rings is 1. The molecule has 0 bridgehead atoms. The number of para-hydroxylation sites is 1. The third-order valence-electron chi connectivity index (χ3n) is 6.80. The first kappa shape index (κ1) is 26.5. The lowest BCUT2D eigenvalue weighted by Gasteiger charge is -2.29. The maximum Gasteiger partial charge on any atom is 0.303 e. The number of unbranched alkanes of at least 4 members (excludes halogenated alkanes) is 2. The Bertz CT molecular complexity index is 1280. The molecule has 3 aromatic rings. The number of carbonyl (C=O) groups is 2. The molecule has 2 aromatic carbocycles. The highest BCUT2D eigenvalue weighted by Crippen LogP contribution is 2.23. The maximum atomic E-state index is 13.9. The fourth-order valence-electron chi connectivity index (χ4n) is 4.54. The van der Waals surface area contributed by atoms with Gasteiger partial charge in [-0.15, -0.1) is 0 Å². The monoisotopic (exact) mass is 547 g/mol. The zero-order valence-electron chi connectivity index (χ0n) is 24.8. The third-order valence-corrected chi connectivity index (χ3v) is 6.80. The van der Waals surface area contributed by atoms with Gasteiger partial charge in [0.15, 0.2) is 0 Å². The van der Waals surface area contributed by atoms with Crippen molar-refractivity contribution in [3.8, 4) is 16.9 Å². The van der Waals surface area contributed by atoms with E-state index in [1.807, 2.05) is 48.5 Å². The summed E-state index contributed by atoms with van der Waals surface area (Å²) in [6, 6.07) is 18.3. The minimum Gasteiger partial charge on any atom is -0.493 e. The lowest BCUT2D eigenvalue weighted by Crippen LogP contribution is -2.39. The van der Waals surface area contributed by atoms with Crippen LogP contribution < -0.4 is 4.74 Å². The average molecular weight is 548 g/mol. The van der Waals surface area contributed by atoms with Crippen molar-refractivity contribution in [1.82, 2.24) is 14.8 Å². The van der Waals surface area contributed by atoms with Crippen LogP contribution in [0.2, 0.25) is 0 Å². The fraction of sp³-hybridized carbons (Fsp3) is 0.406. The summed E-state index contributed by atoms with van der Waals surface area (Å²) in [5, 5.41) is 8.83. The van der Waals surface area contributed by atoms with Crippen molar-refractivity contribution in [3.05, 3.63) is 84.2 Å². The number of carbonyl (C=O) groups excluding carboxylic acids is 1. The summed E-state index contributed by atoms with van der Waals surface area (Å²) < 4.78 is 29.5. The highest BCUT2D eigenvalue weighted by atomic mass is 16.5. The molecule has 0 spiro atoms. The zero-order valence-corrected chi connectivity index (χ0v) is 22.8. The zero-order chi connectivity index (χ0) is 29.8. The minimum atomic E-state index is -1.93. The molecule has 1 aromatic heterocycles. The van der Waals surface area contributed by atoms with E-state index < -0.39 is 18.4 Å². The number of pyridine rings is 1. The molecular weight excluding hydrogens is 506 g/mol. The molecule has 0 unspecified atom stereocenters. The lowest BCUT2D eigenvalue weighted by atomic mass is 10.0. The molecule has 0 saturated carbocycles. The first-order valence-corrected chi connectivity index (χ1v) is 13.9. The van der Waals surface area contributed by atoms with Crippen molar-refractivity contribution in [1.29, 1.82) is 0 Å². The number of hydrogen-bond acceptors (Lipinski definition) is 6. The summed E-state index contributed by atoms with van der Waals surface area (Å²) >= 11 is 0. The maximum absolute atomic E-state index is 13.9. The second-order valence-corrected chi connectivity index (χ2v) is 9.73. The highest BCUT2D eigenvalue weighted by Gasteiger charge is 2.19. The molecule has 8 heteroatoms. The Labute approximate surface area is 239 Å². The molecular formula is C32H39N3O5. The van der Waals surface area contributed by atoms with Crippen LogP contribution in [0.15, 0.2) is 73.1 Å². The molecule has 0 atom stereocenters. The Morgan fingerprint density at radius 3 is 2.52 bits per heavy atom. The summed E-state index contributed by atoms with van der Waals surface area (Å²) in [4.78, 5) is 32.3.